The largest absolute Gasteiger partial charge is 0.397 e. The van der Waals surface area contributed by atoms with Gasteiger partial charge in [-0.2, -0.15) is 0 Å². The van der Waals surface area contributed by atoms with Gasteiger partial charge >= 0.3 is 0 Å². The van der Waals surface area contributed by atoms with Crippen LogP contribution in [0, 0.1) is 5.82 Å². The zero-order valence-corrected chi connectivity index (χ0v) is 11.2. The number of hydrogen-bond acceptors (Lipinski definition) is 4. The second-order valence-corrected chi connectivity index (χ2v) is 5.25. The Hall–Kier alpha value is -2.08. The zero-order chi connectivity index (χ0) is 14.0. The van der Waals surface area contributed by atoms with Crippen molar-refractivity contribution in [2.75, 3.05) is 17.7 Å². The maximum Gasteiger partial charge on any atom is 0.260 e. The highest BCUT2D eigenvalue weighted by atomic mass is 32.1. The maximum absolute atomic E-state index is 13.1. The number of hydrogen-bond donors (Lipinski definition) is 2. The highest BCUT2D eigenvalue weighted by Gasteiger charge is 2.14. The van der Waals surface area contributed by atoms with Gasteiger partial charge in [-0.15, -0.1) is 11.3 Å². The Morgan fingerprint density at radius 3 is 2.74 bits per heavy atom. The van der Waals surface area contributed by atoms with Crippen molar-refractivity contribution in [1.82, 2.24) is 0 Å². The monoisotopic (exact) mass is 279 g/mol. The summed E-state index contributed by atoms with van der Waals surface area (Å²) >= 11 is 1.23. The van der Waals surface area contributed by atoms with Crippen LogP contribution >= 0.6 is 11.3 Å². The number of benzene rings is 1. The number of anilines is 2. The molecule has 19 heavy (non-hydrogen) atoms. The Morgan fingerprint density at radius 1 is 1.42 bits per heavy atom. The SMILES string of the molecule is CN(Cc1cccc(F)c1)c1cc(N)c(C(N)=O)s1. The molecule has 0 atom stereocenters. The summed E-state index contributed by atoms with van der Waals surface area (Å²) < 4.78 is 13.1. The molecule has 0 saturated carbocycles. The van der Waals surface area contributed by atoms with Gasteiger partial charge in [0.15, 0.2) is 0 Å². The number of halogens is 1. The zero-order valence-electron chi connectivity index (χ0n) is 10.4. The standard InChI is InChI=1S/C13H14FN3OS/c1-17(7-8-3-2-4-9(14)5-8)11-6-10(15)12(19-11)13(16)18/h2-6H,7,15H2,1H3,(H2,16,18). The molecular weight excluding hydrogens is 265 g/mol. The lowest BCUT2D eigenvalue weighted by Crippen LogP contribution is -2.15. The van der Waals surface area contributed by atoms with Gasteiger partial charge in [0.2, 0.25) is 0 Å². The fourth-order valence-electron chi connectivity index (χ4n) is 1.76. The molecule has 0 aliphatic carbocycles. The first kappa shape index (κ1) is 13.4. The highest BCUT2D eigenvalue weighted by molar-refractivity contribution is 7.18. The van der Waals surface area contributed by atoms with Gasteiger partial charge in [0.25, 0.3) is 5.91 Å². The first-order chi connectivity index (χ1) is 8.97. The fourth-order valence-corrected chi connectivity index (χ4v) is 2.65. The van der Waals surface area contributed by atoms with E-state index in [2.05, 4.69) is 0 Å². The third-order valence-corrected chi connectivity index (χ3v) is 3.94. The van der Waals surface area contributed by atoms with E-state index in [0.717, 1.165) is 10.6 Å². The summed E-state index contributed by atoms with van der Waals surface area (Å²) in [4.78, 5) is 13.4. The molecule has 2 rings (SSSR count). The van der Waals surface area contributed by atoms with E-state index in [0.29, 0.717) is 17.1 Å². The second kappa shape index (κ2) is 5.27. The van der Waals surface area contributed by atoms with E-state index in [1.54, 1.807) is 12.1 Å². The van der Waals surface area contributed by atoms with Gasteiger partial charge in [0.1, 0.15) is 10.7 Å². The maximum atomic E-state index is 13.1. The van der Waals surface area contributed by atoms with Gasteiger partial charge in [-0.3, -0.25) is 4.79 Å². The van der Waals surface area contributed by atoms with Crippen LogP contribution < -0.4 is 16.4 Å². The third-order valence-electron chi connectivity index (χ3n) is 2.66. The minimum atomic E-state index is -0.534. The average Bonchev–Trinajstić information content (AvgIpc) is 2.71. The number of carbonyl (C=O) groups is 1. The molecule has 100 valence electrons. The average molecular weight is 279 g/mol. The molecule has 0 saturated heterocycles. The van der Waals surface area contributed by atoms with Gasteiger partial charge in [-0.25, -0.2) is 4.39 Å². The van der Waals surface area contributed by atoms with Crippen molar-refractivity contribution >= 4 is 27.9 Å². The predicted molar refractivity (Wildman–Crippen MR) is 75.8 cm³/mol. The predicted octanol–water partition coefficient (Wildman–Crippen LogP) is 2.20. The van der Waals surface area contributed by atoms with Crippen LogP contribution in [0.3, 0.4) is 0 Å². The van der Waals surface area contributed by atoms with Gasteiger partial charge in [-0.05, 0) is 23.8 Å². The van der Waals surface area contributed by atoms with E-state index in [1.165, 1.54) is 23.5 Å². The molecule has 0 aliphatic heterocycles. The van der Waals surface area contributed by atoms with Crippen molar-refractivity contribution in [3.8, 4) is 0 Å². The molecule has 1 amide bonds. The van der Waals surface area contributed by atoms with E-state index in [-0.39, 0.29) is 5.82 Å². The van der Waals surface area contributed by atoms with Crippen LogP contribution in [0.15, 0.2) is 30.3 Å². The number of nitrogens with two attached hydrogens (primary N) is 2. The summed E-state index contributed by atoms with van der Waals surface area (Å²) in [5, 5.41) is 0.815. The van der Waals surface area contributed by atoms with Gasteiger partial charge in [0, 0.05) is 13.6 Å². The van der Waals surface area contributed by atoms with Crippen LogP contribution in [0.4, 0.5) is 15.1 Å². The van der Waals surface area contributed by atoms with E-state index in [9.17, 15) is 9.18 Å². The quantitative estimate of drug-likeness (QED) is 0.901. The normalized spacial score (nSPS) is 10.4. The topological polar surface area (TPSA) is 72.3 Å². The summed E-state index contributed by atoms with van der Waals surface area (Å²) in [6, 6.07) is 8.08. The number of nitrogens with zero attached hydrogens (tertiary/aromatic N) is 1. The van der Waals surface area contributed by atoms with E-state index >= 15 is 0 Å². The lowest BCUT2D eigenvalue weighted by Gasteiger charge is -2.16. The molecule has 6 heteroatoms. The first-order valence-corrected chi connectivity index (χ1v) is 6.43. The Morgan fingerprint density at radius 2 is 2.16 bits per heavy atom. The fraction of sp³-hybridized carbons (Fsp3) is 0.154. The smallest absolute Gasteiger partial charge is 0.260 e. The molecule has 0 spiro atoms. The van der Waals surface area contributed by atoms with E-state index < -0.39 is 5.91 Å². The van der Waals surface area contributed by atoms with Crippen LogP contribution in [0.5, 0.6) is 0 Å². The number of amides is 1. The highest BCUT2D eigenvalue weighted by Crippen LogP contribution is 2.31. The van der Waals surface area contributed by atoms with Crippen molar-refractivity contribution < 1.29 is 9.18 Å². The number of primary amides is 1. The van der Waals surface area contributed by atoms with E-state index in [1.807, 2.05) is 18.0 Å². The Bertz CT molecular complexity index is 612. The van der Waals surface area contributed by atoms with Gasteiger partial charge < -0.3 is 16.4 Å². The van der Waals surface area contributed by atoms with Crippen molar-refractivity contribution in [3.63, 3.8) is 0 Å². The van der Waals surface area contributed by atoms with Crippen molar-refractivity contribution in [2.24, 2.45) is 5.73 Å². The molecule has 1 aromatic carbocycles. The molecule has 0 bridgehead atoms. The van der Waals surface area contributed by atoms with Crippen molar-refractivity contribution in [2.45, 2.75) is 6.54 Å². The Labute approximate surface area is 114 Å². The van der Waals surface area contributed by atoms with E-state index in [4.69, 9.17) is 11.5 Å². The summed E-state index contributed by atoms with van der Waals surface area (Å²) in [6.07, 6.45) is 0. The first-order valence-electron chi connectivity index (χ1n) is 5.62. The number of nitrogen functional groups attached to an aromatic ring is 1. The summed E-state index contributed by atoms with van der Waals surface area (Å²) in [5.41, 5.74) is 12.2. The van der Waals surface area contributed by atoms with Gasteiger partial charge in [0.05, 0.1) is 10.7 Å². The van der Waals surface area contributed by atoms with Crippen LogP contribution in [-0.2, 0) is 6.54 Å². The minimum absolute atomic E-state index is 0.269. The van der Waals surface area contributed by atoms with Crippen molar-refractivity contribution in [1.29, 1.82) is 0 Å². The van der Waals surface area contributed by atoms with Crippen molar-refractivity contribution in [3.05, 3.63) is 46.6 Å². The molecule has 0 radical (unpaired) electrons. The minimum Gasteiger partial charge on any atom is -0.397 e. The van der Waals surface area contributed by atoms with Gasteiger partial charge in [-0.1, -0.05) is 12.1 Å². The molecule has 4 nitrogen and oxygen atoms in total. The lowest BCUT2D eigenvalue weighted by molar-refractivity contribution is 0.100. The number of carbonyl (C=O) groups excluding carboxylic acids is 1. The second-order valence-electron chi connectivity index (χ2n) is 4.22. The summed E-state index contributed by atoms with van der Waals surface area (Å²) in [5.74, 6) is -0.803. The lowest BCUT2D eigenvalue weighted by atomic mass is 10.2. The summed E-state index contributed by atoms with van der Waals surface area (Å²) in [7, 11) is 1.85. The number of rotatable bonds is 4. The number of thiophene rings is 1. The van der Waals surface area contributed by atoms with Crippen LogP contribution in [-0.4, -0.2) is 13.0 Å². The molecule has 0 unspecified atom stereocenters. The summed E-state index contributed by atoms with van der Waals surface area (Å²) in [6.45, 7) is 0.524. The van der Waals surface area contributed by atoms with Crippen LogP contribution in [0.1, 0.15) is 15.2 Å². The molecule has 1 aromatic heterocycles. The molecule has 2 aromatic rings. The molecule has 1 heterocycles. The molecule has 4 N–H and O–H groups in total. The Kier molecular flexibility index (Phi) is 3.71. The molecular formula is C13H14FN3OS. The molecule has 0 aliphatic rings. The molecule has 0 fully saturated rings. The Balaban J connectivity index is 2.18. The third kappa shape index (κ3) is 3.03. The van der Waals surface area contributed by atoms with Crippen LogP contribution in [0.25, 0.3) is 0 Å². The van der Waals surface area contributed by atoms with Crippen LogP contribution in [0.2, 0.25) is 0 Å².